The Labute approximate surface area is 84.4 Å². The first kappa shape index (κ1) is 9.00. The molecule has 1 N–H and O–H groups in total. The van der Waals surface area contributed by atoms with Crippen LogP contribution in [0.5, 0.6) is 0 Å². The predicted octanol–water partition coefficient (Wildman–Crippen LogP) is 2.93. The van der Waals surface area contributed by atoms with E-state index >= 15 is 0 Å². The molecule has 1 heterocycles. The Bertz CT molecular complexity index is 378. The largest absolute Gasteiger partial charge is 0.384 e. The maximum Gasteiger partial charge on any atom is 0.0423 e. The van der Waals surface area contributed by atoms with E-state index in [-0.39, 0.29) is 0 Å². The number of nitrogens with zero attached hydrogens (tertiary/aromatic N) is 1. The summed E-state index contributed by atoms with van der Waals surface area (Å²) in [5, 5.41) is 3.39. The number of para-hydroxylation sites is 1. The molecule has 1 aliphatic heterocycles. The first-order valence-electron chi connectivity index (χ1n) is 4.92. The van der Waals surface area contributed by atoms with E-state index in [9.17, 15) is 0 Å². The van der Waals surface area contributed by atoms with E-state index in [1.165, 1.54) is 11.3 Å². The quantitative estimate of drug-likeness (QED) is 0.670. The molecule has 2 heteroatoms. The summed E-state index contributed by atoms with van der Waals surface area (Å²) >= 11 is 0. The summed E-state index contributed by atoms with van der Waals surface area (Å²) in [5.41, 5.74) is 3.57. The van der Waals surface area contributed by atoms with Gasteiger partial charge in [-0.25, -0.2) is 0 Å². The molecule has 0 radical (unpaired) electrons. The molecule has 72 valence electrons. The molecule has 0 unspecified atom stereocenters. The maximum absolute atomic E-state index is 4.34. The second-order valence-electron chi connectivity index (χ2n) is 3.29. The minimum Gasteiger partial charge on any atom is -0.384 e. The molecular weight excluding hydrogens is 172 g/mol. The Morgan fingerprint density at radius 2 is 2.21 bits per heavy atom. The average Bonchev–Trinajstić information content (AvgIpc) is 2.40. The average molecular weight is 186 g/mol. The third-order valence-electron chi connectivity index (χ3n) is 2.27. The number of hydrogen-bond acceptors (Lipinski definition) is 2. The van der Waals surface area contributed by atoms with Gasteiger partial charge in [-0.2, -0.15) is 0 Å². The van der Waals surface area contributed by atoms with Crippen LogP contribution in [0.1, 0.15) is 18.9 Å². The van der Waals surface area contributed by atoms with Gasteiger partial charge in [-0.15, -0.1) is 0 Å². The van der Waals surface area contributed by atoms with Crippen molar-refractivity contribution in [3.8, 4) is 0 Å². The minimum atomic E-state index is 0.959. The molecule has 1 aromatic carbocycles. The summed E-state index contributed by atoms with van der Waals surface area (Å²) in [6.45, 7) is 2.91. The molecular formula is C12H14N2. The Kier molecular flexibility index (Phi) is 2.63. The van der Waals surface area contributed by atoms with Crippen LogP contribution in [0.4, 0.5) is 5.69 Å². The first-order valence-corrected chi connectivity index (χ1v) is 4.92. The molecule has 0 fully saturated rings. The molecule has 1 aromatic rings. The van der Waals surface area contributed by atoms with Crippen molar-refractivity contribution in [1.29, 1.82) is 0 Å². The third kappa shape index (κ3) is 1.84. The van der Waals surface area contributed by atoms with Gasteiger partial charge in [0.2, 0.25) is 0 Å². The van der Waals surface area contributed by atoms with Crippen LogP contribution in [-0.2, 0) is 0 Å². The lowest BCUT2D eigenvalue weighted by Gasteiger charge is -2.04. The highest BCUT2D eigenvalue weighted by Crippen LogP contribution is 2.23. The molecule has 2 nitrogen and oxygen atoms in total. The Morgan fingerprint density at radius 1 is 1.36 bits per heavy atom. The highest BCUT2D eigenvalue weighted by atomic mass is 14.9. The van der Waals surface area contributed by atoms with Crippen molar-refractivity contribution in [2.24, 2.45) is 4.99 Å². The lowest BCUT2D eigenvalue weighted by atomic mass is 10.1. The van der Waals surface area contributed by atoms with Gasteiger partial charge in [0.15, 0.2) is 0 Å². The van der Waals surface area contributed by atoms with E-state index in [1.54, 1.807) is 0 Å². The number of rotatable bonds is 1. The van der Waals surface area contributed by atoms with Crippen molar-refractivity contribution in [3.05, 3.63) is 35.5 Å². The monoisotopic (exact) mass is 186 g/mol. The van der Waals surface area contributed by atoms with Crippen molar-refractivity contribution in [1.82, 2.24) is 0 Å². The zero-order valence-corrected chi connectivity index (χ0v) is 8.33. The van der Waals surface area contributed by atoms with Crippen LogP contribution < -0.4 is 5.32 Å². The van der Waals surface area contributed by atoms with Crippen molar-refractivity contribution in [2.45, 2.75) is 13.3 Å². The molecule has 0 amide bonds. The molecule has 0 bridgehead atoms. The highest BCUT2D eigenvalue weighted by Gasteiger charge is 2.05. The fourth-order valence-electron chi connectivity index (χ4n) is 1.63. The summed E-state index contributed by atoms with van der Waals surface area (Å²) in [4.78, 5) is 4.34. The molecule has 0 spiro atoms. The molecule has 2 rings (SSSR count). The van der Waals surface area contributed by atoms with Gasteiger partial charge in [0, 0.05) is 30.6 Å². The Hall–Kier alpha value is -1.57. The van der Waals surface area contributed by atoms with Gasteiger partial charge in [-0.1, -0.05) is 18.2 Å². The van der Waals surface area contributed by atoms with E-state index in [0.717, 1.165) is 18.7 Å². The fraction of sp³-hybridized carbons (Fsp3) is 0.250. The van der Waals surface area contributed by atoms with Crippen LogP contribution in [0.15, 0.2) is 35.0 Å². The van der Waals surface area contributed by atoms with Crippen LogP contribution in [0, 0.1) is 0 Å². The molecule has 0 atom stereocenters. The van der Waals surface area contributed by atoms with Gasteiger partial charge in [0.1, 0.15) is 0 Å². The van der Waals surface area contributed by atoms with Gasteiger partial charge in [-0.3, -0.25) is 4.99 Å². The minimum absolute atomic E-state index is 0.959. The van der Waals surface area contributed by atoms with Crippen LogP contribution in [0.25, 0.3) is 6.08 Å². The summed E-state index contributed by atoms with van der Waals surface area (Å²) in [6, 6.07) is 8.31. The highest BCUT2D eigenvalue weighted by molar-refractivity contribution is 5.70. The molecule has 1 aliphatic rings. The maximum atomic E-state index is 4.34. The SMILES string of the molecule is CC=NC1=Cc2ccccc2NCC1. The zero-order chi connectivity index (χ0) is 9.80. The molecule has 0 aromatic heterocycles. The summed E-state index contributed by atoms with van der Waals surface area (Å²) in [6.07, 6.45) is 4.98. The number of fused-ring (bicyclic) bond motifs is 1. The molecule has 14 heavy (non-hydrogen) atoms. The Morgan fingerprint density at radius 3 is 3.07 bits per heavy atom. The number of aliphatic imine (C=N–C) groups is 1. The third-order valence-corrected chi connectivity index (χ3v) is 2.27. The van der Waals surface area contributed by atoms with Crippen LogP contribution in [-0.4, -0.2) is 12.8 Å². The van der Waals surface area contributed by atoms with Gasteiger partial charge >= 0.3 is 0 Å². The van der Waals surface area contributed by atoms with Crippen molar-refractivity contribution in [2.75, 3.05) is 11.9 Å². The van der Waals surface area contributed by atoms with E-state index < -0.39 is 0 Å². The second kappa shape index (κ2) is 4.09. The number of benzene rings is 1. The van der Waals surface area contributed by atoms with Crippen LogP contribution >= 0.6 is 0 Å². The number of nitrogens with one attached hydrogen (secondary N) is 1. The lowest BCUT2D eigenvalue weighted by Crippen LogP contribution is -2.00. The molecule has 0 saturated heterocycles. The van der Waals surface area contributed by atoms with E-state index in [1.807, 2.05) is 19.2 Å². The second-order valence-corrected chi connectivity index (χ2v) is 3.29. The van der Waals surface area contributed by atoms with Crippen molar-refractivity contribution in [3.63, 3.8) is 0 Å². The first-order chi connectivity index (χ1) is 6.90. The van der Waals surface area contributed by atoms with Gasteiger partial charge < -0.3 is 5.32 Å². The van der Waals surface area contributed by atoms with Crippen LogP contribution in [0.2, 0.25) is 0 Å². The summed E-state index contributed by atoms with van der Waals surface area (Å²) in [5.74, 6) is 0. The fourth-order valence-corrected chi connectivity index (χ4v) is 1.63. The van der Waals surface area contributed by atoms with Gasteiger partial charge in [0.05, 0.1) is 0 Å². The Balaban J connectivity index is 2.39. The van der Waals surface area contributed by atoms with Gasteiger partial charge in [0.25, 0.3) is 0 Å². The lowest BCUT2D eigenvalue weighted by molar-refractivity contribution is 0.998. The normalized spacial score (nSPS) is 15.6. The van der Waals surface area contributed by atoms with Gasteiger partial charge in [-0.05, 0) is 24.6 Å². The molecule has 0 saturated carbocycles. The van der Waals surface area contributed by atoms with Crippen molar-refractivity contribution < 1.29 is 0 Å². The number of anilines is 1. The zero-order valence-electron chi connectivity index (χ0n) is 8.33. The van der Waals surface area contributed by atoms with E-state index in [2.05, 4.69) is 34.6 Å². The topological polar surface area (TPSA) is 24.4 Å². The molecule has 0 aliphatic carbocycles. The van der Waals surface area contributed by atoms with Crippen LogP contribution in [0.3, 0.4) is 0 Å². The smallest absolute Gasteiger partial charge is 0.0423 e. The standard InChI is InChI=1S/C12H14N2/c1-2-13-11-7-8-14-12-6-4-3-5-10(12)9-11/h2-6,9,14H,7-8H2,1H3. The predicted molar refractivity (Wildman–Crippen MR) is 61.7 cm³/mol. The van der Waals surface area contributed by atoms with E-state index in [4.69, 9.17) is 0 Å². The van der Waals surface area contributed by atoms with E-state index in [0.29, 0.717) is 0 Å². The summed E-state index contributed by atoms with van der Waals surface area (Å²) < 4.78 is 0. The summed E-state index contributed by atoms with van der Waals surface area (Å²) in [7, 11) is 0. The number of hydrogen-bond donors (Lipinski definition) is 1. The van der Waals surface area contributed by atoms with Crippen molar-refractivity contribution >= 4 is 18.0 Å².